The van der Waals surface area contributed by atoms with Gasteiger partial charge in [0.15, 0.2) is 0 Å². The Bertz CT molecular complexity index is 463. The van der Waals surface area contributed by atoms with Crippen LogP contribution in [0.5, 0.6) is 0 Å². The van der Waals surface area contributed by atoms with Crippen LogP contribution in [0.4, 0.5) is 5.69 Å². The summed E-state index contributed by atoms with van der Waals surface area (Å²) in [5.74, 6) is -0.921. The second kappa shape index (κ2) is 4.08. The lowest BCUT2D eigenvalue weighted by Gasteiger charge is -2.07. The summed E-state index contributed by atoms with van der Waals surface area (Å²) in [7, 11) is 0. The number of carbonyl (C=O) groups is 2. The molecule has 3 heteroatoms. The van der Waals surface area contributed by atoms with Gasteiger partial charge < -0.3 is 5.32 Å². The molecule has 1 aromatic carbocycles. The van der Waals surface area contributed by atoms with Crippen molar-refractivity contribution in [1.82, 2.24) is 0 Å². The normalized spacial score (nSPS) is 13.9. The van der Waals surface area contributed by atoms with Crippen molar-refractivity contribution in [2.24, 2.45) is 0 Å². The molecule has 0 bridgehead atoms. The largest absolute Gasteiger partial charge is 0.318 e. The molecule has 1 heterocycles. The predicted molar refractivity (Wildman–Crippen MR) is 62.8 cm³/mol. The summed E-state index contributed by atoms with van der Waals surface area (Å²) in [6.45, 7) is 4.15. The molecule has 0 saturated carbocycles. The Hall–Kier alpha value is -1.64. The van der Waals surface area contributed by atoms with Gasteiger partial charge in [0.2, 0.25) is 0 Å². The fraction of sp³-hybridized carbons (Fsp3) is 0.385. The minimum absolute atomic E-state index is 0.409. The monoisotopic (exact) mass is 217 g/mol. The molecule has 0 saturated heterocycles. The first kappa shape index (κ1) is 10.9. The molecule has 0 atom stereocenters. The molecule has 1 N–H and O–H groups in total. The Balaban J connectivity index is 2.38. The second-order valence-electron chi connectivity index (χ2n) is 4.21. The fourth-order valence-electron chi connectivity index (χ4n) is 1.98. The number of hydrogen-bond donors (Lipinski definition) is 1. The number of aryl methyl sites for hydroxylation is 2. The summed E-state index contributed by atoms with van der Waals surface area (Å²) in [5.41, 5.74) is 3.50. The van der Waals surface area contributed by atoms with Crippen molar-refractivity contribution in [3.05, 3.63) is 28.8 Å². The van der Waals surface area contributed by atoms with Crippen molar-refractivity contribution in [2.45, 2.75) is 33.1 Å². The summed E-state index contributed by atoms with van der Waals surface area (Å²) in [5, 5.41) is 2.58. The third kappa shape index (κ3) is 1.73. The van der Waals surface area contributed by atoms with Crippen LogP contribution in [0.15, 0.2) is 12.1 Å². The van der Waals surface area contributed by atoms with E-state index in [0.29, 0.717) is 11.3 Å². The van der Waals surface area contributed by atoms with Crippen LogP contribution in [0.25, 0.3) is 0 Å². The SMILES string of the molecule is CCCCc1cc2c(cc1C)NC(=O)C2=O. The third-order valence-electron chi connectivity index (χ3n) is 2.97. The molecule has 0 fully saturated rings. The summed E-state index contributed by atoms with van der Waals surface area (Å²) in [6, 6.07) is 3.75. The highest BCUT2D eigenvalue weighted by atomic mass is 16.2. The molecule has 1 aliphatic heterocycles. The van der Waals surface area contributed by atoms with Crippen LogP contribution in [0.1, 0.15) is 41.3 Å². The highest BCUT2D eigenvalue weighted by Gasteiger charge is 2.28. The molecule has 16 heavy (non-hydrogen) atoms. The van der Waals surface area contributed by atoms with E-state index < -0.39 is 11.7 Å². The van der Waals surface area contributed by atoms with Crippen molar-refractivity contribution >= 4 is 17.4 Å². The maximum atomic E-state index is 11.5. The Morgan fingerprint density at radius 2 is 2.00 bits per heavy atom. The molecule has 0 aromatic heterocycles. The minimum Gasteiger partial charge on any atom is -0.318 e. The number of carbonyl (C=O) groups excluding carboxylic acids is 2. The first-order valence-electron chi connectivity index (χ1n) is 5.62. The van der Waals surface area contributed by atoms with E-state index in [-0.39, 0.29) is 0 Å². The maximum absolute atomic E-state index is 11.5. The number of fused-ring (bicyclic) bond motifs is 1. The zero-order chi connectivity index (χ0) is 11.7. The van der Waals surface area contributed by atoms with Crippen LogP contribution in [-0.2, 0) is 11.2 Å². The number of benzene rings is 1. The van der Waals surface area contributed by atoms with Crippen LogP contribution in [0.2, 0.25) is 0 Å². The van der Waals surface area contributed by atoms with E-state index in [1.165, 1.54) is 5.56 Å². The summed E-state index contributed by atoms with van der Waals surface area (Å²) >= 11 is 0. The van der Waals surface area contributed by atoms with E-state index in [1.807, 2.05) is 19.1 Å². The van der Waals surface area contributed by atoms with Crippen molar-refractivity contribution in [3.8, 4) is 0 Å². The van der Waals surface area contributed by atoms with Gasteiger partial charge >= 0.3 is 0 Å². The van der Waals surface area contributed by atoms with Crippen molar-refractivity contribution in [1.29, 1.82) is 0 Å². The van der Waals surface area contributed by atoms with Crippen LogP contribution in [0.3, 0.4) is 0 Å². The Kier molecular flexibility index (Phi) is 2.77. The molecule has 2 rings (SSSR count). The lowest BCUT2D eigenvalue weighted by Crippen LogP contribution is -2.12. The quantitative estimate of drug-likeness (QED) is 0.790. The lowest BCUT2D eigenvalue weighted by atomic mass is 9.98. The van der Waals surface area contributed by atoms with E-state index in [0.717, 1.165) is 24.8 Å². The van der Waals surface area contributed by atoms with E-state index in [9.17, 15) is 9.59 Å². The van der Waals surface area contributed by atoms with Gasteiger partial charge in [0.05, 0.1) is 11.3 Å². The fourth-order valence-corrected chi connectivity index (χ4v) is 1.98. The van der Waals surface area contributed by atoms with Crippen molar-refractivity contribution in [2.75, 3.05) is 5.32 Å². The standard InChI is InChI=1S/C13H15NO2/c1-3-4-5-9-7-10-11(6-8(9)2)14-13(16)12(10)15/h6-7H,3-5H2,1-2H3,(H,14,15,16). The summed E-state index contributed by atoms with van der Waals surface area (Å²) < 4.78 is 0. The van der Waals surface area contributed by atoms with Crippen LogP contribution in [0, 0.1) is 6.92 Å². The Morgan fingerprint density at radius 3 is 2.69 bits per heavy atom. The van der Waals surface area contributed by atoms with E-state index in [4.69, 9.17) is 0 Å². The second-order valence-corrected chi connectivity index (χ2v) is 4.21. The topological polar surface area (TPSA) is 46.2 Å². The minimum atomic E-state index is -0.512. The number of rotatable bonds is 3. The van der Waals surface area contributed by atoms with Gasteiger partial charge in [-0.2, -0.15) is 0 Å². The van der Waals surface area contributed by atoms with Crippen LogP contribution in [-0.4, -0.2) is 11.7 Å². The summed E-state index contributed by atoms with van der Waals surface area (Å²) in [4.78, 5) is 22.7. The Morgan fingerprint density at radius 1 is 1.25 bits per heavy atom. The molecule has 0 radical (unpaired) electrons. The zero-order valence-electron chi connectivity index (χ0n) is 9.59. The molecule has 1 amide bonds. The molecule has 84 valence electrons. The average Bonchev–Trinajstić information content (AvgIpc) is 2.52. The van der Waals surface area contributed by atoms with E-state index in [2.05, 4.69) is 12.2 Å². The summed E-state index contributed by atoms with van der Waals surface area (Å²) in [6.07, 6.45) is 3.20. The number of Topliss-reactive ketones (excluding diaryl/α,β-unsaturated/α-hetero) is 1. The van der Waals surface area contributed by atoms with Gasteiger partial charge in [0.25, 0.3) is 11.7 Å². The van der Waals surface area contributed by atoms with Gasteiger partial charge in [0.1, 0.15) is 0 Å². The van der Waals surface area contributed by atoms with Gasteiger partial charge in [-0.1, -0.05) is 13.3 Å². The molecule has 0 aliphatic carbocycles. The van der Waals surface area contributed by atoms with Gasteiger partial charge in [0, 0.05) is 0 Å². The van der Waals surface area contributed by atoms with Crippen molar-refractivity contribution in [3.63, 3.8) is 0 Å². The van der Waals surface area contributed by atoms with Crippen LogP contribution >= 0.6 is 0 Å². The molecule has 0 spiro atoms. The Labute approximate surface area is 94.9 Å². The van der Waals surface area contributed by atoms with Crippen LogP contribution < -0.4 is 5.32 Å². The van der Waals surface area contributed by atoms with Gasteiger partial charge in [-0.05, 0) is 43.0 Å². The zero-order valence-corrected chi connectivity index (χ0v) is 9.59. The lowest BCUT2D eigenvalue weighted by molar-refractivity contribution is -0.112. The van der Waals surface area contributed by atoms with Gasteiger partial charge in [-0.15, -0.1) is 0 Å². The number of unbranched alkanes of at least 4 members (excludes halogenated alkanes) is 1. The third-order valence-corrected chi connectivity index (χ3v) is 2.97. The number of nitrogens with one attached hydrogen (secondary N) is 1. The maximum Gasteiger partial charge on any atom is 0.296 e. The number of ketones is 1. The van der Waals surface area contributed by atoms with E-state index in [1.54, 1.807) is 0 Å². The number of amides is 1. The van der Waals surface area contributed by atoms with E-state index >= 15 is 0 Å². The average molecular weight is 217 g/mol. The number of anilines is 1. The highest BCUT2D eigenvalue weighted by Crippen LogP contribution is 2.27. The first-order chi connectivity index (χ1) is 7.63. The molecular formula is C13H15NO2. The molecule has 1 aliphatic rings. The molecule has 1 aromatic rings. The highest BCUT2D eigenvalue weighted by molar-refractivity contribution is 6.51. The smallest absolute Gasteiger partial charge is 0.296 e. The van der Waals surface area contributed by atoms with Gasteiger partial charge in [-0.3, -0.25) is 9.59 Å². The molecular weight excluding hydrogens is 202 g/mol. The molecule has 3 nitrogen and oxygen atoms in total. The van der Waals surface area contributed by atoms with Gasteiger partial charge in [-0.25, -0.2) is 0 Å². The number of hydrogen-bond acceptors (Lipinski definition) is 2. The van der Waals surface area contributed by atoms with Crippen molar-refractivity contribution < 1.29 is 9.59 Å². The molecule has 0 unspecified atom stereocenters. The predicted octanol–water partition coefficient (Wildman–Crippen LogP) is 2.47. The first-order valence-corrected chi connectivity index (χ1v) is 5.62.